The molecule has 1 atom stereocenters. The third-order valence-corrected chi connectivity index (χ3v) is 3.67. The maximum Gasteiger partial charge on any atom is 0.323 e. The number of anilines is 1. The first-order valence-corrected chi connectivity index (χ1v) is 6.90. The van der Waals surface area contributed by atoms with Crippen molar-refractivity contribution in [2.45, 2.75) is 6.04 Å². The monoisotopic (exact) mass is 286 g/mol. The fourth-order valence-electron chi connectivity index (χ4n) is 2.44. The number of pyridine rings is 1. The number of aromatic amines is 1. The van der Waals surface area contributed by atoms with Gasteiger partial charge in [-0.3, -0.25) is 10.2 Å². The maximum absolute atomic E-state index is 12.3. The Balaban J connectivity index is 1.67. The van der Waals surface area contributed by atoms with Crippen molar-refractivity contribution in [2.75, 3.05) is 32.0 Å². The lowest BCUT2D eigenvalue weighted by molar-refractivity contribution is 0.112. The second-order valence-electron chi connectivity index (χ2n) is 5.06. The van der Waals surface area contributed by atoms with Crippen LogP contribution in [0.3, 0.4) is 0 Å². The number of rotatable bonds is 2. The lowest BCUT2D eigenvalue weighted by atomic mass is 10.1. The van der Waals surface area contributed by atoms with Gasteiger partial charge in [0.05, 0.1) is 6.04 Å². The van der Waals surface area contributed by atoms with E-state index < -0.39 is 0 Å². The van der Waals surface area contributed by atoms with E-state index in [0.717, 1.165) is 12.4 Å². The summed E-state index contributed by atoms with van der Waals surface area (Å²) < 4.78 is 0. The third kappa shape index (κ3) is 3.03. The Kier molecular flexibility index (Phi) is 3.83. The Bertz CT molecular complexity index is 585. The molecular weight excluding hydrogens is 268 g/mol. The number of hydrogen-bond acceptors (Lipinski definition) is 4. The van der Waals surface area contributed by atoms with Gasteiger partial charge >= 0.3 is 6.03 Å². The molecule has 110 valence electrons. The summed E-state index contributed by atoms with van der Waals surface area (Å²) in [5.41, 5.74) is 0. The van der Waals surface area contributed by atoms with Gasteiger partial charge in [0.1, 0.15) is 11.6 Å². The molecule has 2 aromatic heterocycles. The van der Waals surface area contributed by atoms with Crippen LogP contribution in [0, 0.1) is 0 Å². The summed E-state index contributed by atoms with van der Waals surface area (Å²) in [5, 5.41) is 2.82. The second kappa shape index (κ2) is 5.92. The molecule has 1 aliphatic heterocycles. The van der Waals surface area contributed by atoms with Crippen molar-refractivity contribution in [1.82, 2.24) is 24.8 Å². The van der Waals surface area contributed by atoms with Crippen LogP contribution < -0.4 is 5.32 Å². The molecule has 0 saturated carbocycles. The van der Waals surface area contributed by atoms with E-state index in [1.54, 1.807) is 29.6 Å². The average Bonchev–Trinajstić information content (AvgIpc) is 3.03. The number of imidazole rings is 1. The summed E-state index contributed by atoms with van der Waals surface area (Å²) in [6, 6.07) is 5.40. The van der Waals surface area contributed by atoms with Gasteiger partial charge in [-0.2, -0.15) is 0 Å². The van der Waals surface area contributed by atoms with E-state index in [1.165, 1.54) is 0 Å². The van der Waals surface area contributed by atoms with E-state index in [2.05, 4.69) is 25.2 Å². The maximum atomic E-state index is 12.3. The van der Waals surface area contributed by atoms with Gasteiger partial charge in [0.25, 0.3) is 0 Å². The molecule has 0 aliphatic carbocycles. The fraction of sp³-hybridized carbons (Fsp3) is 0.357. The molecule has 21 heavy (non-hydrogen) atoms. The van der Waals surface area contributed by atoms with Crippen LogP contribution in [-0.4, -0.2) is 57.5 Å². The van der Waals surface area contributed by atoms with Gasteiger partial charge in [0.2, 0.25) is 0 Å². The minimum absolute atomic E-state index is 0.0863. The summed E-state index contributed by atoms with van der Waals surface area (Å²) >= 11 is 0. The van der Waals surface area contributed by atoms with E-state index in [4.69, 9.17) is 0 Å². The number of H-pyrrole nitrogens is 1. The van der Waals surface area contributed by atoms with Gasteiger partial charge in [0, 0.05) is 38.2 Å². The van der Waals surface area contributed by atoms with Crippen LogP contribution in [-0.2, 0) is 0 Å². The Morgan fingerprint density at radius 1 is 1.33 bits per heavy atom. The van der Waals surface area contributed by atoms with Crippen LogP contribution in [0.2, 0.25) is 0 Å². The van der Waals surface area contributed by atoms with Crippen molar-refractivity contribution in [3.05, 3.63) is 42.6 Å². The highest BCUT2D eigenvalue weighted by atomic mass is 16.2. The Morgan fingerprint density at radius 2 is 2.24 bits per heavy atom. The number of amides is 2. The first-order valence-electron chi connectivity index (χ1n) is 6.90. The molecule has 7 nitrogen and oxygen atoms in total. The first-order chi connectivity index (χ1) is 10.2. The number of nitrogens with zero attached hydrogens (tertiary/aromatic N) is 4. The van der Waals surface area contributed by atoms with Gasteiger partial charge in [-0.1, -0.05) is 6.07 Å². The zero-order valence-electron chi connectivity index (χ0n) is 11.9. The lowest BCUT2D eigenvalue weighted by Gasteiger charge is -2.38. The van der Waals surface area contributed by atoms with Crippen LogP contribution in [0.25, 0.3) is 0 Å². The molecule has 3 rings (SSSR count). The number of nitrogens with one attached hydrogen (secondary N) is 2. The molecule has 7 heteroatoms. The number of carbonyl (C=O) groups is 1. The zero-order valence-corrected chi connectivity index (χ0v) is 11.9. The highest BCUT2D eigenvalue weighted by Crippen LogP contribution is 2.21. The Hall–Kier alpha value is -2.41. The highest BCUT2D eigenvalue weighted by molar-refractivity contribution is 5.88. The van der Waals surface area contributed by atoms with Crippen LogP contribution in [0.4, 0.5) is 10.6 Å². The predicted molar refractivity (Wildman–Crippen MR) is 78.8 cm³/mol. The molecule has 2 aromatic rings. The molecule has 2 amide bonds. The second-order valence-corrected chi connectivity index (χ2v) is 5.06. The molecule has 2 N–H and O–H groups in total. The largest absolute Gasteiger partial charge is 0.347 e. The van der Waals surface area contributed by atoms with Crippen molar-refractivity contribution in [3.8, 4) is 0 Å². The standard InChI is InChI=1S/C14H18N6O/c1-19-8-9-20(10-11(19)13-16-6-7-17-13)14(21)18-12-4-2-3-5-15-12/h2-7,11H,8-10H2,1H3,(H,16,17)(H,15,18,21). The number of urea groups is 1. The summed E-state index contributed by atoms with van der Waals surface area (Å²) in [5.74, 6) is 1.45. The molecule has 3 heterocycles. The molecule has 1 unspecified atom stereocenters. The number of carbonyl (C=O) groups excluding carboxylic acids is 1. The summed E-state index contributed by atoms with van der Waals surface area (Å²) in [7, 11) is 2.04. The third-order valence-electron chi connectivity index (χ3n) is 3.67. The normalized spacial score (nSPS) is 19.5. The Labute approximate surface area is 123 Å². The van der Waals surface area contributed by atoms with Crippen molar-refractivity contribution in [2.24, 2.45) is 0 Å². The minimum atomic E-state index is -0.127. The molecule has 0 radical (unpaired) electrons. The lowest BCUT2D eigenvalue weighted by Crippen LogP contribution is -2.50. The molecular formula is C14H18N6O. The fourth-order valence-corrected chi connectivity index (χ4v) is 2.44. The van der Waals surface area contributed by atoms with Gasteiger partial charge in [-0.05, 0) is 19.2 Å². The van der Waals surface area contributed by atoms with Gasteiger partial charge in [-0.15, -0.1) is 0 Å². The zero-order chi connectivity index (χ0) is 14.7. The molecule has 0 bridgehead atoms. The van der Waals surface area contributed by atoms with Gasteiger partial charge in [0.15, 0.2) is 0 Å². The van der Waals surface area contributed by atoms with E-state index in [1.807, 2.05) is 19.2 Å². The molecule has 0 spiro atoms. The van der Waals surface area contributed by atoms with Crippen LogP contribution >= 0.6 is 0 Å². The first kappa shape index (κ1) is 13.6. The van der Waals surface area contributed by atoms with Gasteiger partial charge < -0.3 is 9.88 Å². The van der Waals surface area contributed by atoms with E-state index in [-0.39, 0.29) is 12.1 Å². The van der Waals surface area contributed by atoms with Crippen molar-refractivity contribution < 1.29 is 4.79 Å². The quantitative estimate of drug-likeness (QED) is 0.873. The highest BCUT2D eigenvalue weighted by Gasteiger charge is 2.29. The van der Waals surface area contributed by atoms with Crippen LogP contribution in [0.1, 0.15) is 11.9 Å². The predicted octanol–water partition coefficient (Wildman–Crippen LogP) is 1.33. The molecule has 1 fully saturated rings. The topological polar surface area (TPSA) is 77.2 Å². The Morgan fingerprint density at radius 3 is 2.95 bits per heavy atom. The summed E-state index contributed by atoms with van der Waals surface area (Å²) in [6.07, 6.45) is 5.19. The number of likely N-dealkylation sites (N-methyl/N-ethyl adjacent to an activating group) is 1. The number of piperazine rings is 1. The summed E-state index contributed by atoms with van der Waals surface area (Å²) in [4.78, 5) is 27.8. The minimum Gasteiger partial charge on any atom is -0.347 e. The van der Waals surface area contributed by atoms with E-state index in [9.17, 15) is 4.79 Å². The summed E-state index contributed by atoms with van der Waals surface area (Å²) in [6.45, 7) is 2.09. The molecule has 1 aliphatic rings. The van der Waals surface area contributed by atoms with E-state index in [0.29, 0.717) is 18.9 Å². The van der Waals surface area contributed by atoms with E-state index >= 15 is 0 Å². The van der Waals surface area contributed by atoms with Crippen molar-refractivity contribution in [3.63, 3.8) is 0 Å². The number of aromatic nitrogens is 3. The molecule has 1 saturated heterocycles. The van der Waals surface area contributed by atoms with Crippen LogP contribution in [0.5, 0.6) is 0 Å². The average molecular weight is 286 g/mol. The van der Waals surface area contributed by atoms with Gasteiger partial charge in [-0.25, -0.2) is 14.8 Å². The molecule has 0 aromatic carbocycles. The van der Waals surface area contributed by atoms with Crippen LogP contribution in [0.15, 0.2) is 36.8 Å². The van der Waals surface area contributed by atoms with Crippen molar-refractivity contribution >= 4 is 11.8 Å². The van der Waals surface area contributed by atoms with Crippen molar-refractivity contribution in [1.29, 1.82) is 0 Å². The SMILES string of the molecule is CN1CCN(C(=O)Nc2ccccn2)CC1c1ncc[nH]1. The number of hydrogen-bond donors (Lipinski definition) is 2. The smallest absolute Gasteiger partial charge is 0.323 e.